The molecule has 0 N–H and O–H groups in total. The van der Waals surface area contributed by atoms with Gasteiger partial charge in [-0.3, -0.25) is 9.69 Å². The van der Waals surface area contributed by atoms with Gasteiger partial charge < -0.3 is 9.80 Å². The molecule has 1 amide bonds. The van der Waals surface area contributed by atoms with E-state index >= 15 is 0 Å². The van der Waals surface area contributed by atoms with Crippen LogP contribution in [0.5, 0.6) is 0 Å². The van der Waals surface area contributed by atoms with Crippen LogP contribution in [0.3, 0.4) is 0 Å². The van der Waals surface area contributed by atoms with E-state index in [9.17, 15) is 4.79 Å². The van der Waals surface area contributed by atoms with E-state index in [0.29, 0.717) is 17.4 Å². The summed E-state index contributed by atoms with van der Waals surface area (Å²) in [5.74, 6) is 1.23. The van der Waals surface area contributed by atoms with Crippen LogP contribution in [0, 0.1) is 6.92 Å². The summed E-state index contributed by atoms with van der Waals surface area (Å²) in [6, 6.07) is 1.95. The van der Waals surface area contributed by atoms with Crippen molar-refractivity contribution in [2.45, 2.75) is 39.0 Å². The molecule has 2 fully saturated rings. The Kier molecular flexibility index (Phi) is 6.02. The number of aromatic nitrogens is 2. The van der Waals surface area contributed by atoms with Crippen molar-refractivity contribution < 1.29 is 4.79 Å². The van der Waals surface area contributed by atoms with Gasteiger partial charge in [-0.2, -0.15) is 0 Å². The highest BCUT2D eigenvalue weighted by atomic mass is 16.2. The second-order valence-corrected chi connectivity index (χ2v) is 7.44. The minimum absolute atomic E-state index is 0.0656. The number of hydrogen-bond donors (Lipinski definition) is 0. The minimum Gasteiger partial charge on any atom is -0.335 e. The van der Waals surface area contributed by atoms with E-state index in [1.165, 1.54) is 6.42 Å². The number of rotatable bonds is 4. The molecule has 0 unspecified atom stereocenters. The van der Waals surface area contributed by atoms with Crippen molar-refractivity contribution in [2.75, 3.05) is 52.9 Å². The lowest BCUT2D eigenvalue weighted by molar-refractivity contribution is 0.0631. The minimum atomic E-state index is 0.0656. The smallest absolute Gasteiger partial charge is 0.272 e. The van der Waals surface area contributed by atoms with Crippen LogP contribution in [0.4, 0.5) is 0 Å². The Balaban J connectivity index is 1.68. The zero-order valence-electron chi connectivity index (χ0n) is 15.9. The van der Waals surface area contributed by atoms with Crippen molar-refractivity contribution in [3.8, 4) is 0 Å². The van der Waals surface area contributed by atoms with Gasteiger partial charge in [-0.15, -0.1) is 0 Å². The van der Waals surface area contributed by atoms with Gasteiger partial charge >= 0.3 is 0 Å². The summed E-state index contributed by atoms with van der Waals surface area (Å²) in [5, 5.41) is 0. The molecule has 3 rings (SSSR count). The molecular weight excluding hydrogens is 314 g/mol. The summed E-state index contributed by atoms with van der Waals surface area (Å²) >= 11 is 0. The van der Waals surface area contributed by atoms with Crippen LogP contribution in [-0.2, 0) is 0 Å². The maximum Gasteiger partial charge on any atom is 0.272 e. The van der Waals surface area contributed by atoms with Gasteiger partial charge in [-0.1, -0.05) is 6.92 Å². The van der Waals surface area contributed by atoms with Gasteiger partial charge in [-0.25, -0.2) is 9.97 Å². The lowest BCUT2D eigenvalue weighted by atomic mass is 9.93. The predicted molar refractivity (Wildman–Crippen MR) is 98.9 cm³/mol. The van der Waals surface area contributed by atoms with E-state index in [1.807, 2.05) is 17.9 Å². The van der Waals surface area contributed by atoms with E-state index in [-0.39, 0.29) is 5.91 Å². The van der Waals surface area contributed by atoms with Crippen molar-refractivity contribution in [1.82, 2.24) is 24.7 Å². The van der Waals surface area contributed by atoms with Crippen LogP contribution < -0.4 is 0 Å². The first kappa shape index (κ1) is 18.3. The van der Waals surface area contributed by atoms with Gasteiger partial charge in [0, 0.05) is 37.8 Å². The second kappa shape index (κ2) is 8.23. The summed E-state index contributed by atoms with van der Waals surface area (Å²) in [7, 11) is 2.16. The first-order chi connectivity index (χ1) is 12.1. The molecule has 0 spiro atoms. The molecule has 25 heavy (non-hydrogen) atoms. The number of hydrogen-bond acceptors (Lipinski definition) is 5. The molecule has 0 saturated carbocycles. The number of carbonyl (C=O) groups excluding carboxylic acids is 1. The molecule has 0 aromatic carbocycles. The number of likely N-dealkylation sites (tertiary alicyclic amines) is 1. The molecule has 138 valence electrons. The highest BCUT2D eigenvalue weighted by Gasteiger charge is 2.25. The Morgan fingerprint density at radius 2 is 1.80 bits per heavy atom. The quantitative estimate of drug-likeness (QED) is 0.832. The lowest BCUT2D eigenvalue weighted by Crippen LogP contribution is -2.49. The van der Waals surface area contributed by atoms with E-state index in [2.05, 4.69) is 33.7 Å². The summed E-state index contributed by atoms with van der Waals surface area (Å²) in [6.07, 6.45) is 3.38. The summed E-state index contributed by atoms with van der Waals surface area (Å²) in [6.45, 7) is 10.9. The van der Waals surface area contributed by atoms with E-state index in [0.717, 1.165) is 64.3 Å². The fourth-order valence-corrected chi connectivity index (χ4v) is 3.87. The molecule has 0 bridgehead atoms. The van der Waals surface area contributed by atoms with Crippen LogP contribution >= 0.6 is 0 Å². The maximum absolute atomic E-state index is 12.9. The fourth-order valence-electron chi connectivity index (χ4n) is 3.87. The van der Waals surface area contributed by atoms with Crippen molar-refractivity contribution in [1.29, 1.82) is 0 Å². The number of carbonyl (C=O) groups is 1. The Bertz CT molecular complexity index is 589. The number of aryl methyl sites for hydroxylation is 1. The van der Waals surface area contributed by atoms with Crippen molar-refractivity contribution in [3.63, 3.8) is 0 Å². The Labute approximate surface area is 151 Å². The number of piperidine rings is 1. The normalized spacial score (nSPS) is 20.8. The molecule has 0 atom stereocenters. The average molecular weight is 345 g/mol. The van der Waals surface area contributed by atoms with Crippen LogP contribution in [0.2, 0.25) is 0 Å². The van der Waals surface area contributed by atoms with Crippen molar-refractivity contribution in [2.24, 2.45) is 0 Å². The topological polar surface area (TPSA) is 52.6 Å². The van der Waals surface area contributed by atoms with Crippen molar-refractivity contribution >= 4 is 5.91 Å². The second-order valence-electron chi connectivity index (χ2n) is 7.44. The van der Waals surface area contributed by atoms with Crippen LogP contribution in [-0.4, -0.2) is 83.4 Å². The number of amides is 1. The lowest BCUT2D eigenvalue weighted by Gasteiger charge is -2.34. The number of piperazine rings is 1. The van der Waals surface area contributed by atoms with Gasteiger partial charge in [-0.05, 0) is 58.9 Å². The third-order valence-electron chi connectivity index (χ3n) is 5.41. The molecule has 0 aliphatic carbocycles. The molecule has 2 aliphatic heterocycles. The molecule has 0 radical (unpaired) electrons. The van der Waals surface area contributed by atoms with Crippen molar-refractivity contribution in [3.05, 3.63) is 23.3 Å². The summed E-state index contributed by atoms with van der Waals surface area (Å²) < 4.78 is 0. The molecule has 6 heteroatoms. The first-order valence-corrected chi connectivity index (χ1v) is 9.62. The average Bonchev–Trinajstić information content (AvgIpc) is 2.62. The van der Waals surface area contributed by atoms with Gasteiger partial charge in [0.05, 0.1) is 0 Å². The Hall–Kier alpha value is -1.53. The molecular formula is C19H31N5O. The highest BCUT2D eigenvalue weighted by molar-refractivity contribution is 5.92. The van der Waals surface area contributed by atoms with Gasteiger partial charge in [0.25, 0.3) is 5.91 Å². The van der Waals surface area contributed by atoms with E-state index < -0.39 is 0 Å². The first-order valence-electron chi connectivity index (χ1n) is 9.62. The molecule has 1 aromatic heterocycles. The largest absolute Gasteiger partial charge is 0.335 e. The predicted octanol–water partition coefficient (Wildman–Crippen LogP) is 1.76. The van der Waals surface area contributed by atoms with Crippen LogP contribution in [0.15, 0.2) is 6.07 Å². The summed E-state index contributed by atoms with van der Waals surface area (Å²) in [4.78, 5) is 28.7. The fraction of sp³-hybridized carbons (Fsp3) is 0.737. The highest BCUT2D eigenvalue weighted by Crippen LogP contribution is 2.26. The van der Waals surface area contributed by atoms with Gasteiger partial charge in [0.2, 0.25) is 0 Å². The standard InChI is InChI=1S/C19H31N5O/c1-4-7-23-10-12-24(13-11-23)19(25)18-14-17(20-15(2)21-18)16-5-8-22(3)9-6-16/h14,16H,4-13H2,1-3H3. The molecule has 2 saturated heterocycles. The zero-order valence-corrected chi connectivity index (χ0v) is 15.9. The third-order valence-corrected chi connectivity index (χ3v) is 5.41. The molecule has 6 nitrogen and oxygen atoms in total. The van der Waals surface area contributed by atoms with Crippen LogP contribution in [0.25, 0.3) is 0 Å². The van der Waals surface area contributed by atoms with E-state index in [4.69, 9.17) is 0 Å². The molecule has 3 heterocycles. The van der Waals surface area contributed by atoms with E-state index in [1.54, 1.807) is 0 Å². The monoisotopic (exact) mass is 345 g/mol. The number of nitrogens with zero attached hydrogens (tertiary/aromatic N) is 5. The zero-order chi connectivity index (χ0) is 17.8. The third kappa shape index (κ3) is 4.55. The Morgan fingerprint density at radius 1 is 1.12 bits per heavy atom. The van der Waals surface area contributed by atoms with Gasteiger partial charge in [0.1, 0.15) is 11.5 Å². The van der Waals surface area contributed by atoms with Gasteiger partial charge in [0.15, 0.2) is 0 Å². The maximum atomic E-state index is 12.9. The molecule has 1 aromatic rings. The molecule has 2 aliphatic rings. The van der Waals surface area contributed by atoms with Crippen LogP contribution in [0.1, 0.15) is 54.1 Å². The Morgan fingerprint density at radius 3 is 2.44 bits per heavy atom. The SMILES string of the molecule is CCCN1CCN(C(=O)c2cc(C3CCN(C)CC3)nc(C)n2)CC1. The summed E-state index contributed by atoms with van der Waals surface area (Å²) in [5.41, 5.74) is 1.62.